The van der Waals surface area contributed by atoms with Crippen molar-refractivity contribution in [1.29, 1.82) is 0 Å². The van der Waals surface area contributed by atoms with Gasteiger partial charge >= 0.3 is 5.97 Å². The third kappa shape index (κ3) is 2.67. The highest BCUT2D eigenvalue weighted by atomic mass is 32.2. The average molecular weight is 322 g/mol. The highest BCUT2D eigenvalue weighted by Gasteiger charge is 2.48. The molecule has 0 atom stereocenters. The SMILES string of the molecule is COc1c(OC2CCSCC2)cccc1C1(C(=O)O)CCC1. The summed E-state index contributed by atoms with van der Waals surface area (Å²) in [6, 6.07) is 5.64. The zero-order valence-corrected chi connectivity index (χ0v) is 13.7. The fraction of sp³-hybridized carbons (Fsp3) is 0.588. The van der Waals surface area contributed by atoms with Crippen molar-refractivity contribution < 1.29 is 19.4 Å². The van der Waals surface area contributed by atoms with E-state index in [0.717, 1.165) is 36.3 Å². The summed E-state index contributed by atoms with van der Waals surface area (Å²) in [5.74, 6) is 2.76. The Hall–Kier alpha value is -1.36. The molecule has 1 saturated heterocycles. The fourth-order valence-corrected chi connectivity index (χ4v) is 4.36. The Morgan fingerprint density at radius 2 is 2.05 bits per heavy atom. The van der Waals surface area contributed by atoms with Crippen LogP contribution in [0.5, 0.6) is 11.5 Å². The normalized spacial score (nSPS) is 21.0. The van der Waals surface area contributed by atoms with Crippen LogP contribution in [0.2, 0.25) is 0 Å². The number of hydrogen-bond acceptors (Lipinski definition) is 4. The summed E-state index contributed by atoms with van der Waals surface area (Å²) in [7, 11) is 1.59. The highest BCUT2D eigenvalue weighted by Crippen LogP contribution is 2.50. The first kappa shape index (κ1) is 15.5. The molecule has 1 heterocycles. The van der Waals surface area contributed by atoms with E-state index in [1.807, 2.05) is 30.0 Å². The van der Waals surface area contributed by atoms with Gasteiger partial charge in [-0.2, -0.15) is 11.8 Å². The summed E-state index contributed by atoms with van der Waals surface area (Å²) in [5.41, 5.74) is -0.0379. The Bertz CT molecular complexity index is 548. The Morgan fingerprint density at radius 3 is 2.59 bits per heavy atom. The second-order valence-electron chi connectivity index (χ2n) is 6.01. The summed E-state index contributed by atoms with van der Waals surface area (Å²) in [6.45, 7) is 0. The fourth-order valence-electron chi connectivity index (χ4n) is 3.30. The van der Waals surface area contributed by atoms with Crippen molar-refractivity contribution in [2.45, 2.75) is 43.6 Å². The lowest BCUT2D eigenvalue weighted by atomic mass is 9.64. The molecular weight excluding hydrogens is 300 g/mol. The van der Waals surface area contributed by atoms with Crippen LogP contribution in [0.1, 0.15) is 37.7 Å². The zero-order valence-electron chi connectivity index (χ0n) is 12.8. The van der Waals surface area contributed by atoms with E-state index in [2.05, 4.69) is 0 Å². The number of ether oxygens (including phenoxy) is 2. The molecule has 5 heteroatoms. The van der Waals surface area contributed by atoms with Crippen LogP contribution < -0.4 is 9.47 Å². The standard InChI is InChI=1S/C17H22O4S/c1-20-15-13(17(16(18)19)8-3-9-17)4-2-5-14(15)21-12-6-10-22-11-7-12/h2,4-5,12H,3,6-11H2,1H3,(H,18,19). The Labute approximate surface area is 135 Å². The van der Waals surface area contributed by atoms with Gasteiger partial charge in [0.2, 0.25) is 0 Å². The van der Waals surface area contributed by atoms with Gasteiger partial charge in [-0.05, 0) is 43.3 Å². The molecule has 1 aliphatic carbocycles. The summed E-state index contributed by atoms with van der Waals surface area (Å²) in [5, 5.41) is 9.67. The van der Waals surface area contributed by atoms with Crippen molar-refractivity contribution in [2.75, 3.05) is 18.6 Å². The number of para-hydroxylation sites is 1. The minimum atomic E-state index is -0.798. The van der Waals surface area contributed by atoms with Crippen LogP contribution in [-0.2, 0) is 10.2 Å². The molecule has 0 amide bonds. The van der Waals surface area contributed by atoms with Gasteiger partial charge in [0.15, 0.2) is 11.5 Å². The summed E-state index contributed by atoms with van der Waals surface area (Å²) >= 11 is 1.95. The van der Waals surface area contributed by atoms with Gasteiger partial charge in [0, 0.05) is 5.56 Å². The molecular formula is C17H22O4S. The van der Waals surface area contributed by atoms with Crippen LogP contribution >= 0.6 is 11.8 Å². The first-order chi connectivity index (χ1) is 10.7. The topological polar surface area (TPSA) is 55.8 Å². The highest BCUT2D eigenvalue weighted by molar-refractivity contribution is 7.99. The Morgan fingerprint density at radius 1 is 1.32 bits per heavy atom. The summed E-state index contributed by atoms with van der Waals surface area (Å²) < 4.78 is 11.7. The van der Waals surface area contributed by atoms with Crippen LogP contribution in [0.3, 0.4) is 0 Å². The van der Waals surface area contributed by atoms with E-state index in [1.54, 1.807) is 7.11 Å². The van der Waals surface area contributed by atoms with Gasteiger partial charge in [0.25, 0.3) is 0 Å². The molecule has 0 aromatic heterocycles. The molecule has 4 nitrogen and oxygen atoms in total. The maximum atomic E-state index is 11.8. The summed E-state index contributed by atoms with van der Waals surface area (Å²) in [4.78, 5) is 11.8. The third-order valence-electron chi connectivity index (χ3n) is 4.78. The van der Waals surface area contributed by atoms with Crippen LogP contribution in [-0.4, -0.2) is 35.8 Å². The van der Waals surface area contributed by atoms with Gasteiger partial charge in [-0.3, -0.25) is 4.79 Å². The molecule has 0 bridgehead atoms. The number of carboxylic acid groups (broad SMARTS) is 1. The molecule has 0 spiro atoms. The predicted octanol–water partition coefficient (Wildman–Crippen LogP) is 3.48. The molecule has 2 aliphatic rings. The van der Waals surface area contributed by atoms with Gasteiger partial charge in [0.1, 0.15) is 6.10 Å². The van der Waals surface area contributed by atoms with Crippen molar-refractivity contribution in [1.82, 2.24) is 0 Å². The summed E-state index contributed by atoms with van der Waals surface area (Å²) in [6.07, 6.45) is 4.54. The Balaban J connectivity index is 1.91. The Kier molecular flexibility index (Phi) is 4.52. The minimum Gasteiger partial charge on any atom is -0.493 e. The first-order valence-electron chi connectivity index (χ1n) is 7.82. The maximum absolute atomic E-state index is 11.8. The number of carbonyl (C=O) groups is 1. The molecule has 1 saturated carbocycles. The van der Waals surface area contributed by atoms with Crippen LogP contribution in [0.4, 0.5) is 0 Å². The molecule has 1 N–H and O–H groups in total. The van der Waals surface area contributed by atoms with Crippen LogP contribution in [0.25, 0.3) is 0 Å². The van der Waals surface area contributed by atoms with Gasteiger partial charge < -0.3 is 14.6 Å². The number of rotatable bonds is 5. The predicted molar refractivity (Wildman–Crippen MR) is 87.1 cm³/mol. The van der Waals surface area contributed by atoms with E-state index < -0.39 is 11.4 Å². The molecule has 0 unspecified atom stereocenters. The van der Waals surface area contributed by atoms with E-state index in [1.165, 1.54) is 0 Å². The number of aliphatic carboxylic acids is 1. The second kappa shape index (κ2) is 6.41. The van der Waals surface area contributed by atoms with E-state index in [4.69, 9.17) is 9.47 Å². The van der Waals surface area contributed by atoms with Gasteiger partial charge in [-0.15, -0.1) is 0 Å². The van der Waals surface area contributed by atoms with Crippen molar-refractivity contribution in [2.24, 2.45) is 0 Å². The monoisotopic (exact) mass is 322 g/mol. The second-order valence-corrected chi connectivity index (χ2v) is 7.23. The molecule has 2 fully saturated rings. The smallest absolute Gasteiger partial charge is 0.314 e. The van der Waals surface area contributed by atoms with Gasteiger partial charge in [-0.25, -0.2) is 0 Å². The molecule has 1 aliphatic heterocycles. The number of benzene rings is 1. The lowest BCUT2D eigenvalue weighted by Gasteiger charge is -2.39. The maximum Gasteiger partial charge on any atom is 0.314 e. The van der Waals surface area contributed by atoms with Crippen molar-refractivity contribution in [3.8, 4) is 11.5 Å². The number of methoxy groups -OCH3 is 1. The number of thioether (sulfide) groups is 1. The van der Waals surface area contributed by atoms with E-state index in [9.17, 15) is 9.90 Å². The van der Waals surface area contributed by atoms with E-state index >= 15 is 0 Å². The largest absolute Gasteiger partial charge is 0.493 e. The number of hydrogen-bond donors (Lipinski definition) is 1. The van der Waals surface area contributed by atoms with Crippen molar-refractivity contribution in [3.05, 3.63) is 23.8 Å². The minimum absolute atomic E-state index is 0.201. The third-order valence-corrected chi connectivity index (χ3v) is 5.83. The molecule has 1 aromatic carbocycles. The molecule has 22 heavy (non-hydrogen) atoms. The molecule has 0 radical (unpaired) electrons. The lowest BCUT2D eigenvalue weighted by Crippen LogP contribution is -2.42. The molecule has 1 aromatic rings. The molecule has 3 rings (SSSR count). The van der Waals surface area contributed by atoms with Crippen LogP contribution in [0, 0.1) is 0 Å². The first-order valence-corrected chi connectivity index (χ1v) is 8.98. The quantitative estimate of drug-likeness (QED) is 0.899. The van der Waals surface area contributed by atoms with Crippen molar-refractivity contribution >= 4 is 17.7 Å². The van der Waals surface area contributed by atoms with Crippen LogP contribution in [0.15, 0.2) is 18.2 Å². The number of carboxylic acids is 1. The van der Waals surface area contributed by atoms with E-state index in [0.29, 0.717) is 24.3 Å². The van der Waals surface area contributed by atoms with Crippen molar-refractivity contribution in [3.63, 3.8) is 0 Å². The zero-order chi connectivity index (χ0) is 15.6. The van der Waals surface area contributed by atoms with E-state index in [-0.39, 0.29) is 6.10 Å². The van der Waals surface area contributed by atoms with Gasteiger partial charge in [-0.1, -0.05) is 18.6 Å². The van der Waals surface area contributed by atoms with Gasteiger partial charge in [0.05, 0.1) is 12.5 Å². The lowest BCUT2D eigenvalue weighted by molar-refractivity contribution is -0.147. The average Bonchev–Trinajstić information content (AvgIpc) is 2.47. The molecule has 120 valence electrons.